The maximum atomic E-state index is 4.93. The van der Waals surface area contributed by atoms with Crippen molar-refractivity contribution in [1.29, 1.82) is 0 Å². The van der Waals surface area contributed by atoms with Gasteiger partial charge in [-0.05, 0) is 61.2 Å². The molecule has 0 aliphatic carbocycles. The zero-order valence-corrected chi connectivity index (χ0v) is 16.5. The lowest BCUT2D eigenvalue weighted by atomic mass is 10.0. The molecule has 2 heterocycles. The first-order valence-electron chi connectivity index (χ1n) is 9.09. The van der Waals surface area contributed by atoms with Crippen LogP contribution in [0.25, 0.3) is 31.9 Å². The van der Waals surface area contributed by atoms with Gasteiger partial charge in [-0.25, -0.2) is 4.98 Å². The molecular formula is C24H23NS. The van der Waals surface area contributed by atoms with Crippen LogP contribution in [0, 0.1) is 13.8 Å². The van der Waals surface area contributed by atoms with Crippen molar-refractivity contribution in [3.05, 3.63) is 77.4 Å². The number of hydrogen-bond acceptors (Lipinski definition) is 2. The lowest BCUT2D eigenvalue weighted by Crippen LogP contribution is -1.86. The minimum atomic E-state index is 0.563. The molecule has 130 valence electrons. The maximum Gasteiger partial charge on any atom is 0.0823 e. The largest absolute Gasteiger partial charge is 0.247 e. The Balaban J connectivity index is 1.73. The molecule has 0 radical (unpaired) electrons. The highest BCUT2D eigenvalue weighted by Gasteiger charge is 2.09. The number of nitrogens with zero attached hydrogens (tertiary/aromatic N) is 1. The van der Waals surface area contributed by atoms with Gasteiger partial charge in [-0.3, -0.25) is 0 Å². The Labute approximate surface area is 159 Å². The summed E-state index contributed by atoms with van der Waals surface area (Å²) in [5.74, 6) is 0.563. The Kier molecular flexibility index (Phi) is 4.37. The van der Waals surface area contributed by atoms with Crippen LogP contribution in [0.15, 0.2) is 60.7 Å². The van der Waals surface area contributed by atoms with Crippen molar-refractivity contribution in [2.75, 3.05) is 0 Å². The van der Waals surface area contributed by atoms with Crippen molar-refractivity contribution in [2.45, 2.75) is 33.6 Å². The summed E-state index contributed by atoms with van der Waals surface area (Å²) in [5.41, 5.74) is 8.52. The van der Waals surface area contributed by atoms with Gasteiger partial charge in [0.2, 0.25) is 0 Å². The van der Waals surface area contributed by atoms with E-state index >= 15 is 0 Å². The van der Waals surface area contributed by atoms with Gasteiger partial charge in [0.25, 0.3) is 0 Å². The predicted octanol–water partition coefficient (Wildman–Crippen LogP) is 7.37. The third kappa shape index (κ3) is 3.30. The van der Waals surface area contributed by atoms with Crippen LogP contribution in [0.5, 0.6) is 0 Å². The number of rotatable bonds is 3. The molecule has 0 atom stereocenters. The first-order valence-corrected chi connectivity index (χ1v) is 9.91. The number of pyridine rings is 1. The molecule has 0 bridgehead atoms. The van der Waals surface area contributed by atoms with Gasteiger partial charge in [0.1, 0.15) is 0 Å². The van der Waals surface area contributed by atoms with Crippen LogP contribution in [-0.2, 0) is 0 Å². The maximum absolute atomic E-state index is 4.93. The monoisotopic (exact) mass is 357 g/mol. The zero-order valence-electron chi connectivity index (χ0n) is 15.7. The van der Waals surface area contributed by atoms with Crippen molar-refractivity contribution >= 4 is 21.6 Å². The molecule has 0 saturated heterocycles. The molecule has 0 N–H and O–H groups in total. The number of fused-ring (bicyclic) bond motifs is 1. The normalized spacial score (nSPS) is 11.4. The second-order valence-electron chi connectivity index (χ2n) is 7.34. The molecule has 0 spiro atoms. The van der Waals surface area contributed by atoms with Gasteiger partial charge in [0.15, 0.2) is 0 Å². The Morgan fingerprint density at radius 1 is 0.769 bits per heavy atom. The number of thiophene rings is 1. The number of benzene rings is 2. The molecule has 0 fully saturated rings. The van der Waals surface area contributed by atoms with E-state index in [0.29, 0.717) is 5.92 Å². The average Bonchev–Trinajstić information content (AvgIpc) is 3.04. The standard InChI is InChI=1S/C24H23NS/c1-15(2)18-5-7-19(8-6-18)24-14-22-23(26-24)10-9-21(25-22)20-12-16(3)11-17(4)13-20/h5-15H,1-4H3. The highest BCUT2D eigenvalue weighted by atomic mass is 32.1. The molecule has 2 heteroatoms. The third-order valence-electron chi connectivity index (χ3n) is 4.75. The summed E-state index contributed by atoms with van der Waals surface area (Å²) in [6.07, 6.45) is 0. The van der Waals surface area contributed by atoms with E-state index in [1.54, 1.807) is 0 Å². The molecule has 0 amide bonds. The van der Waals surface area contributed by atoms with Crippen molar-refractivity contribution in [3.8, 4) is 21.7 Å². The SMILES string of the molecule is Cc1cc(C)cc(-c2ccc3sc(-c4ccc(C(C)C)cc4)cc3n2)c1. The first kappa shape index (κ1) is 17.0. The van der Waals surface area contributed by atoms with Crippen LogP contribution in [0.3, 0.4) is 0 Å². The van der Waals surface area contributed by atoms with Crippen LogP contribution < -0.4 is 0 Å². The Bertz CT molecular complexity index is 1050. The summed E-state index contributed by atoms with van der Waals surface area (Å²) < 4.78 is 1.24. The highest BCUT2D eigenvalue weighted by Crippen LogP contribution is 2.34. The predicted molar refractivity (Wildman–Crippen MR) is 114 cm³/mol. The van der Waals surface area contributed by atoms with Gasteiger partial charge in [0.05, 0.1) is 15.9 Å². The molecule has 0 saturated carbocycles. The van der Waals surface area contributed by atoms with Crippen LogP contribution in [0.2, 0.25) is 0 Å². The average molecular weight is 358 g/mol. The summed E-state index contributed by atoms with van der Waals surface area (Å²) in [5, 5.41) is 0. The van der Waals surface area contributed by atoms with E-state index in [1.165, 1.54) is 37.4 Å². The first-order chi connectivity index (χ1) is 12.5. The van der Waals surface area contributed by atoms with Gasteiger partial charge in [-0.2, -0.15) is 0 Å². The second-order valence-corrected chi connectivity index (χ2v) is 8.43. The van der Waals surface area contributed by atoms with Crippen molar-refractivity contribution in [2.24, 2.45) is 0 Å². The van der Waals surface area contributed by atoms with Crippen LogP contribution in [0.4, 0.5) is 0 Å². The van der Waals surface area contributed by atoms with E-state index < -0.39 is 0 Å². The highest BCUT2D eigenvalue weighted by molar-refractivity contribution is 7.22. The lowest BCUT2D eigenvalue weighted by molar-refractivity contribution is 0.867. The molecule has 2 aromatic heterocycles. The second kappa shape index (κ2) is 6.69. The lowest BCUT2D eigenvalue weighted by Gasteiger charge is -2.05. The fourth-order valence-corrected chi connectivity index (χ4v) is 4.39. The molecule has 0 aliphatic rings. The molecule has 2 aromatic carbocycles. The Morgan fingerprint density at radius 2 is 1.46 bits per heavy atom. The number of aryl methyl sites for hydroxylation is 2. The summed E-state index contributed by atoms with van der Waals surface area (Å²) in [7, 11) is 0. The molecule has 1 nitrogen and oxygen atoms in total. The van der Waals surface area contributed by atoms with Gasteiger partial charge >= 0.3 is 0 Å². The van der Waals surface area contributed by atoms with Gasteiger partial charge in [-0.15, -0.1) is 11.3 Å². The molecule has 4 aromatic rings. The van der Waals surface area contributed by atoms with Gasteiger partial charge < -0.3 is 0 Å². The van der Waals surface area contributed by atoms with Gasteiger partial charge in [0, 0.05) is 10.4 Å². The number of aromatic nitrogens is 1. The van der Waals surface area contributed by atoms with E-state index in [1.807, 2.05) is 11.3 Å². The molecule has 0 unspecified atom stereocenters. The molecule has 0 aliphatic heterocycles. The minimum absolute atomic E-state index is 0.563. The third-order valence-corrected chi connectivity index (χ3v) is 5.89. The molecular weight excluding hydrogens is 334 g/mol. The van der Waals surface area contributed by atoms with E-state index in [4.69, 9.17) is 4.98 Å². The van der Waals surface area contributed by atoms with Crippen LogP contribution >= 0.6 is 11.3 Å². The zero-order chi connectivity index (χ0) is 18.3. The number of hydrogen-bond donors (Lipinski definition) is 0. The summed E-state index contributed by atoms with van der Waals surface area (Å²) in [4.78, 5) is 6.21. The van der Waals surface area contributed by atoms with Gasteiger partial charge in [-0.1, -0.05) is 55.3 Å². The smallest absolute Gasteiger partial charge is 0.0823 e. The topological polar surface area (TPSA) is 12.9 Å². The van der Waals surface area contributed by atoms with Crippen molar-refractivity contribution in [3.63, 3.8) is 0 Å². The van der Waals surface area contributed by atoms with Crippen LogP contribution in [0.1, 0.15) is 36.5 Å². The Hall–Kier alpha value is -2.45. The molecule has 26 heavy (non-hydrogen) atoms. The quantitative estimate of drug-likeness (QED) is 0.373. The van der Waals surface area contributed by atoms with E-state index in [-0.39, 0.29) is 0 Å². The van der Waals surface area contributed by atoms with Crippen LogP contribution in [-0.4, -0.2) is 4.98 Å². The van der Waals surface area contributed by atoms with E-state index in [2.05, 4.69) is 88.4 Å². The van der Waals surface area contributed by atoms with E-state index in [9.17, 15) is 0 Å². The summed E-state index contributed by atoms with van der Waals surface area (Å²) >= 11 is 1.81. The summed E-state index contributed by atoms with van der Waals surface area (Å²) in [6, 6.07) is 22.1. The Morgan fingerprint density at radius 3 is 2.12 bits per heavy atom. The minimum Gasteiger partial charge on any atom is -0.247 e. The fraction of sp³-hybridized carbons (Fsp3) is 0.208. The molecule has 4 rings (SSSR count). The fourth-order valence-electron chi connectivity index (χ4n) is 3.38. The summed E-state index contributed by atoms with van der Waals surface area (Å²) in [6.45, 7) is 8.73. The van der Waals surface area contributed by atoms with Crippen molar-refractivity contribution in [1.82, 2.24) is 4.98 Å². The van der Waals surface area contributed by atoms with E-state index in [0.717, 1.165) is 11.2 Å². The van der Waals surface area contributed by atoms with Crippen molar-refractivity contribution < 1.29 is 0 Å².